The van der Waals surface area contributed by atoms with Crippen LogP contribution < -0.4 is 10.1 Å². The van der Waals surface area contributed by atoms with Gasteiger partial charge in [-0.1, -0.05) is 0 Å². The molecule has 0 spiro atoms. The molecule has 3 rings (SSSR count). The predicted octanol–water partition coefficient (Wildman–Crippen LogP) is 1.07. The van der Waals surface area contributed by atoms with Gasteiger partial charge < -0.3 is 15.0 Å². The summed E-state index contributed by atoms with van der Waals surface area (Å²) in [4.78, 5) is 17.5. The van der Waals surface area contributed by atoms with Crippen LogP contribution in [0.5, 0.6) is 5.88 Å². The molecule has 3 heterocycles. The third-order valence-corrected chi connectivity index (χ3v) is 3.82. The Morgan fingerprint density at radius 1 is 1.47 bits per heavy atom. The van der Waals surface area contributed by atoms with Crippen LogP contribution in [-0.2, 0) is 17.9 Å². The van der Waals surface area contributed by atoms with Crippen LogP contribution in [0.3, 0.4) is 0 Å². The Kier molecular flexibility index (Phi) is 3.14. The van der Waals surface area contributed by atoms with Crippen molar-refractivity contribution in [2.75, 3.05) is 6.54 Å². The monoisotopic (exact) mass is 261 g/mol. The third kappa shape index (κ3) is 2.56. The number of aromatic nitrogens is 1. The lowest BCUT2D eigenvalue weighted by Gasteiger charge is -2.12. The molecule has 102 valence electrons. The maximum atomic E-state index is 11.4. The zero-order chi connectivity index (χ0) is 13.4. The maximum Gasteiger partial charge on any atom is 0.220 e. The fraction of sp³-hybridized carbons (Fsp3) is 0.571. The number of carbonyl (C=O) groups is 1. The van der Waals surface area contributed by atoms with E-state index in [1.165, 1.54) is 0 Å². The fourth-order valence-electron chi connectivity index (χ4n) is 2.70. The molecule has 1 amide bonds. The summed E-state index contributed by atoms with van der Waals surface area (Å²) in [6.45, 7) is 5.97. The Labute approximate surface area is 113 Å². The van der Waals surface area contributed by atoms with Crippen molar-refractivity contribution < 1.29 is 9.53 Å². The van der Waals surface area contributed by atoms with Gasteiger partial charge in [0.2, 0.25) is 11.8 Å². The SMILES string of the molecule is CC(=O)N1Cc2cnc(OC3CN[C@@H](C)C3)cc2C1. The number of rotatable bonds is 2. The molecule has 1 fully saturated rings. The first-order valence-electron chi connectivity index (χ1n) is 6.75. The summed E-state index contributed by atoms with van der Waals surface area (Å²) in [5.41, 5.74) is 2.28. The van der Waals surface area contributed by atoms with Crippen molar-refractivity contribution in [3.8, 4) is 5.88 Å². The largest absolute Gasteiger partial charge is 0.473 e. The van der Waals surface area contributed by atoms with E-state index in [1.807, 2.05) is 17.2 Å². The molecule has 1 unspecified atom stereocenters. The van der Waals surface area contributed by atoms with Crippen LogP contribution in [0.15, 0.2) is 12.3 Å². The van der Waals surface area contributed by atoms with Crippen molar-refractivity contribution in [1.82, 2.24) is 15.2 Å². The number of amides is 1. The van der Waals surface area contributed by atoms with Crippen molar-refractivity contribution in [2.45, 2.75) is 45.5 Å². The van der Waals surface area contributed by atoms with Gasteiger partial charge in [-0.3, -0.25) is 4.79 Å². The molecule has 0 aromatic carbocycles. The van der Waals surface area contributed by atoms with E-state index in [0.29, 0.717) is 25.0 Å². The molecule has 5 nitrogen and oxygen atoms in total. The van der Waals surface area contributed by atoms with Gasteiger partial charge in [0.25, 0.3) is 0 Å². The second-order valence-corrected chi connectivity index (χ2v) is 5.45. The Bertz CT molecular complexity index is 503. The zero-order valence-electron chi connectivity index (χ0n) is 11.3. The van der Waals surface area contributed by atoms with Crippen molar-refractivity contribution in [2.24, 2.45) is 0 Å². The van der Waals surface area contributed by atoms with E-state index in [4.69, 9.17) is 4.74 Å². The molecule has 1 aromatic rings. The van der Waals surface area contributed by atoms with Gasteiger partial charge in [0.05, 0.1) is 0 Å². The van der Waals surface area contributed by atoms with Crippen molar-refractivity contribution in [3.63, 3.8) is 0 Å². The molecule has 0 aliphatic carbocycles. The smallest absolute Gasteiger partial charge is 0.220 e. The molecular formula is C14H19N3O2. The number of pyridine rings is 1. The number of fused-ring (bicyclic) bond motifs is 1. The Morgan fingerprint density at radius 2 is 2.26 bits per heavy atom. The second kappa shape index (κ2) is 4.81. The van der Waals surface area contributed by atoms with E-state index in [0.717, 1.165) is 24.1 Å². The molecular weight excluding hydrogens is 242 g/mol. The number of hydrogen-bond donors (Lipinski definition) is 1. The minimum absolute atomic E-state index is 0.104. The topological polar surface area (TPSA) is 54.5 Å². The molecule has 2 aliphatic rings. The number of hydrogen-bond acceptors (Lipinski definition) is 4. The van der Waals surface area contributed by atoms with Crippen molar-refractivity contribution >= 4 is 5.91 Å². The van der Waals surface area contributed by atoms with Gasteiger partial charge in [0.1, 0.15) is 6.10 Å². The van der Waals surface area contributed by atoms with Crippen LogP contribution in [0.1, 0.15) is 31.4 Å². The van der Waals surface area contributed by atoms with Crippen molar-refractivity contribution in [1.29, 1.82) is 0 Å². The highest BCUT2D eigenvalue weighted by Gasteiger charge is 2.25. The summed E-state index contributed by atoms with van der Waals surface area (Å²) in [5, 5.41) is 3.36. The molecule has 0 saturated carbocycles. The summed E-state index contributed by atoms with van der Waals surface area (Å²) in [5.74, 6) is 0.775. The van der Waals surface area contributed by atoms with Gasteiger partial charge in [0.15, 0.2) is 0 Å². The first-order chi connectivity index (χ1) is 9.11. The lowest BCUT2D eigenvalue weighted by atomic mass is 10.2. The highest BCUT2D eigenvalue weighted by atomic mass is 16.5. The number of nitrogens with one attached hydrogen (secondary N) is 1. The average Bonchev–Trinajstić information content (AvgIpc) is 2.95. The summed E-state index contributed by atoms with van der Waals surface area (Å²) >= 11 is 0. The van der Waals surface area contributed by atoms with Gasteiger partial charge in [-0.25, -0.2) is 4.98 Å². The van der Waals surface area contributed by atoms with Crippen LogP contribution in [0.25, 0.3) is 0 Å². The third-order valence-electron chi connectivity index (χ3n) is 3.82. The van der Waals surface area contributed by atoms with Gasteiger partial charge in [-0.05, 0) is 18.1 Å². The standard InChI is InChI=1S/C14H19N3O2/c1-9-3-13(6-15-9)19-14-4-11-7-17(10(2)18)8-12(11)5-16-14/h4-5,9,13,15H,3,6-8H2,1-2H3/t9-,13?/m0/s1. The first-order valence-corrected chi connectivity index (χ1v) is 6.75. The van der Waals surface area contributed by atoms with Crippen LogP contribution in [-0.4, -0.2) is 34.5 Å². The van der Waals surface area contributed by atoms with Crippen LogP contribution in [0.4, 0.5) is 0 Å². The Hall–Kier alpha value is -1.62. The Morgan fingerprint density at radius 3 is 2.95 bits per heavy atom. The fourth-order valence-corrected chi connectivity index (χ4v) is 2.70. The van der Waals surface area contributed by atoms with E-state index in [2.05, 4.69) is 17.2 Å². The Balaban J connectivity index is 1.70. The van der Waals surface area contributed by atoms with Gasteiger partial charge in [-0.2, -0.15) is 0 Å². The lowest BCUT2D eigenvalue weighted by molar-refractivity contribution is -0.129. The molecule has 0 radical (unpaired) electrons. The number of nitrogens with zero attached hydrogens (tertiary/aromatic N) is 2. The quantitative estimate of drug-likeness (QED) is 0.865. The van der Waals surface area contributed by atoms with E-state index < -0.39 is 0 Å². The average molecular weight is 261 g/mol. The first kappa shape index (κ1) is 12.4. The molecule has 0 bridgehead atoms. The molecule has 1 N–H and O–H groups in total. The maximum absolute atomic E-state index is 11.4. The van der Waals surface area contributed by atoms with Crippen LogP contribution >= 0.6 is 0 Å². The predicted molar refractivity (Wildman–Crippen MR) is 70.7 cm³/mol. The van der Waals surface area contributed by atoms with Crippen LogP contribution in [0.2, 0.25) is 0 Å². The molecule has 1 saturated heterocycles. The molecule has 5 heteroatoms. The number of carbonyl (C=O) groups excluding carboxylic acids is 1. The van der Waals surface area contributed by atoms with Gasteiger partial charge >= 0.3 is 0 Å². The summed E-state index contributed by atoms with van der Waals surface area (Å²) in [7, 11) is 0. The van der Waals surface area contributed by atoms with E-state index >= 15 is 0 Å². The highest BCUT2D eigenvalue weighted by Crippen LogP contribution is 2.26. The minimum atomic E-state index is 0.104. The van der Waals surface area contributed by atoms with E-state index in [9.17, 15) is 4.79 Å². The molecule has 2 atom stereocenters. The van der Waals surface area contributed by atoms with E-state index in [1.54, 1.807) is 6.92 Å². The summed E-state index contributed by atoms with van der Waals surface area (Å²) < 4.78 is 5.89. The van der Waals surface area contributed by atoms with Crippen molar-refractivity contribution in [3.05, 3.63) is 23.4 Å². The summed E-state index contributed by atoms with van der Waals surface area (Å²) in [6.07, 6.45) is 3.04. The molecule has 19 heavy (non-hydrogen) atoms. The van der Waals surface area contributed by atoms with Crippen LogP contribution in [0, 0.1) is 0 Å². The van der Waals surface area contributed by atoms with E-state index in [-0.39, 0.29) is 12.0 Å². The second-order valence-electron chi connectivity index (χ2n) is 5.45. The normalized spacial score (nSPS) is 25.5. The number of ether oxygens (including phenoxy) is 1. The minimum Gasteiger partial charge on any atom is -0.473 e. The molecule has 2 aliphatic heterocycles. The summed E-state index contributed by atoms with van der Waals surface area (Å²) in [6, 6.07) is 2.48. The molecule has 1 aromatic heterocycles. The lowest BCUT2D eigenvalue weighted by Crippen LogP contribution is -2.21. The zero-order valence-corrected chi connectivity index (χ0v) is 11.3. The highest BCUT2D eigenvalue weighted by molar-refractivity contribution is 5.74. The van der Waals surface area contributed by atoms with Gasteiger partial charge in [0, 0.05) is 51.3 Å². The van der Waals surface area contributed by atoms with Gasteiger partial charge in [-0.15, -0.1) is 0 Å².